The number of rotatable bonds is 4. The molecule has 0 spiro atoms. The van der Waals surface area contributed by atoms with Gasteiger partial charge < -0.3 is 15.5 Å². The molecule has 2 rings (SSSR count). The van der Waals surface area contributed by atoms with Gasteiger partial charge in [-0.15, -0.1) is 0 Å². The summed E-state index contributed by atoms with van der Waals surface area (Å²) in [4.78, 5) is 15.6. The van der Waals surface area contributed by atoms with Gasteiger partial charge in [-0.2, -0.15) is 0 Å². The number of benzene rings is 1. The molecule has 0 radical (unpaired) electrons. The van der Waals surface area contributed by atoms with Crippen LogP contribution in [-0.4, -0.2) is 17.4 Å². The Morgan fingerprint density at radius 3 is 2.72 bits per heavy atom. The Balaban J connectivity index is 1.84. The lowest BCUT2D eigenvalue weighted by Crippen LogP contribution is -2.25. The second kappa shape index (κ2) is 5.35. The fourth-order valence-corrected chi connectivity index (χ4v) is 1.60. The average Bonchev–Trinajstić information content (AvgIpc) is 2.78. The molecule has 0 aliphatic heterocycles. The quantitative estimate of drug-likeness (QED) is 0.800. The summed E-state index contributed by atoms with van der Waals surface area (Å²) in [6, 6.07) is 7.58. The normalized spacial score (nSPS) is 10.3. The molecule has 0 saturated heterocycles. The van der Waals surface area contributed by atoms with Crippen LogP contribution in [0.15, 0.2) is 35.1 Å². The van der Waals surface area contributed by atoms with Crippen molar-refractivity contribution >= 4 is 11.6 Å². The zero-order valence-electron chi connectivity index (χ0n) is 10.1. The monoisotopic (exact) mass is 245 g/mol. The SMILES string of the molecule is Cc1ncoc1C(=O)NCCc1ccc(N)cc1. The maximum absolute atomic E-state index is 11.7. The molecule has 5 nitrogen and oxygen atoms in total. The molecule has 0 atom stereocenters. The van der Waals surface area contributed by atoms with E-state index in [1.807, 2.05) is 24.3 Å². The highest BCUT2D eigenvalue weighted by atomic mass is 16.3. The van der Waals surface area contributed by atoms with Crippen molar-refractivity contribution in [1.82, 2.24) is 10.3 Å². The van der Waals surface area contributed by atoms with Gasteiger partial charge in [-0.25, -0.2) is 4.98 Å². The molecule has 0 saturated carbocycles. The van der Waals surface area contributed by atoms with Gasteiger partial charge in [0.15, 0.2) is 6.39 Å². The third kappa shape index (κ3) is 2.88. The molecular formula is C13H15N3O2. The van der Waals surface area contributed by atoms with Crippen LogP contribution >= 0.6 is 0 Å². The lowest BCUT2D eigenvalue weighted by molar-refractivity contribution is 0.0925. The van der Waals surface area contributed by atoms with Crippen LogP contribution in [-0.2, 0) is 6.42 Å². The number of aryl methyl sites for hydroxylation is 1. The maximum atomic E-state index is 11.7. The zero-order valence-corrected chi connectivity index (χ0v) is 10.1. The summed E-state index contributed by atoms with van der Waals surface area (Å²) in [5.41, 5.74) is 8.05. The number of aromatic nitrogens is 1. The van der Waals surface area contributed by atoms with Crippen molar-refractivity contribution in [3.63, 3.8) is 0 Å². The fourth-order valence-electron chi connectivity index (χ4n) is 1.60. The third-order valence-electron chi connectivity index (χ3n) is 2.63. The minimum Gasteiger partial charge on any atom is -0.438 e. The van der Waals surface area contributed by atoms with Gasteiger partial charge in [0, 0.05) is 12.2 Å². The number of amides is 1. The summed E-state index contributed by atoms with van der Waals surface area (Å²) in [7, 11) is 0. The smallest absolute Gasteiger partial charge is 0.289 e. The number of carbonyl (C=O) groups excluding carboxylic acids is 1. The van der Waals surface area contributed by atoms with Crippen molar-refractivity contribution in [1.29, 1.82) is 0 Å². The molecule has 5 heteroatoms. The molecule has 0 fully saturated rings. The van der Waals surface area contributed by atoms with Crippen molar-refractivity contribution < 1.29 is 9.21 Å². The van der Waals surface area contributed by atoms with Gasteiger partial charge in [0.25, 0.3) is 5.91 Å². The van der Waals surface area contributed by atoms with E-state index in [-0.39, 0.29) is 11.7 Å². The van der Waals surface area contributed by atoms with Crippen molar-refractivity contribution in [3.8, 4) is 0 Å². The number of anilines is 1. The number of hydrogen-bond donors (Lipinski definition) is 2. The first-order chi connectivity index (χ1) is 8.66. The largest absolute Gasteiger partial charge is 0.438 e. The Labute approximate surface area is 105 Å². The van der Waals surface area contributed by atoms with E-state index in [4.69, 9.17) is 10.2 Å². The zero-order chi connectivity index (χ0) is 13.0. The molecule has 1 aromatic carbocycles. The first-order valence-electron chi connectivity index (χ1n) is 5.69. The molecule has 0 aliphatic rings. The first-order valence-corrected chi connectivity index (χ1v) is 5.69. The molecule has 94 valence electrons. The van der Waals surface area contributed by atoms with Crippen LogP contribution in [0.4, 0.5) is 5.69 Å². The number of nitrogen functional groups attached to an aromatic ring is 1. The molecular weight excluding hydrogens is 230 g/mol. The van der Waals surface area contributed by atoms with E-state index in [2.05, 4.69) is 10.3 Å². The van der Waals surface area contributed by atoms with E-state index in [0.29, 0.717) is 12.2 Å². The Kier molecular flexibility index (Phi) is 3.62. The average molecular weight is 245 g/mol. The van der Waals surface area contributed by atoms with Gasteiger partial charge in [0.1, 0.15) is 0 Å². The van der Waals surface area contributed by atoms with Gasteiger partial charge in [-0.05, 0) is 31.0 Å². The van der Waals surface area contributed by atoms with Crippen molar-refractivity contribution in [2.24, 2.45) is 0 Å². The number of carbonyl (C=O) groups is 1. The number of oxazole rings is 1. The van der Waals surface area contributed by atoms with Crippen LogP contribution in [0.25, 0.3) is 0 Å². The Hall–Kier alpha value is -2.30. The third-order valence-corrected chi connectivity index (χ3v) is 2.63. The van der Waals surface area contributed by atoms with Crippen LogP contribution in [0.1, 0.15) is 21.8 Å². The van der Waals surface area contributed by atoms with Gasteiger partial charge in [0.2, 0.25) is 5.76 Å². The summed E-state index contributed by atoms with van der Waals surface area (Å²) in [5.74, 6) is 0.0350. The van der Waals surface area contributed by atoms with Crippen molar-refractivity contribution in [2.75, 3.05) is 12.3 Å². The number of hydrogen-bond acceptors (Lipinski definition) is 4. The van der Waals surface area contributed by atoms with Gasteiger partial charge >= 0.3 is 0 Å². The Morgan fingerprint density at radius 1 is 1.39 bits per heavy atom. The van der Waals surface area contributed by atoms with E-state index in [0.717, 1.165) is 17.7 Å². The van der Waals surface area contributed by atoms with Crippen LogP contribution < -0.4 is 11.1 Å². The molecule has 1 amide bonds. The van der Waals surface area contributed by atoms with Gasteiger partial charge in [-0.3, -0.25) is 4.79 Å². The Morgan fingerprint density at radius 2 is 2.11 bits per heavy atom. The summed E-state index contributed by atoms with van der Waals surface area (Å²) in [6.45, 7) is 2.28. The van der Waals surface area contributed by atoms with Crippen LogP contribution in [0.3, 0.4) is 0 Å². The summed E-state index contributed by atoms with van der Waals surface area (Å²) >= 11 is 0. The number of nitrogens with zero attached hydrogens (tertiary/aromatic N) is 1. The minimum atomic E-state index is -0.236. The van der Waals surface area contributed by atoms with Crippen molar-refractivity contribution in [3.05, 3.63) is 47.7 Å². The maximum Gasteiger partial charge on any atom is 0.289 e. The molecule has 3 N–H and O–H groups in total. The Bertz CT molecular complexity index is 531. The molecule has 0 bridgehead atoms. The highest BCUT2D eigenvalue weighted by molar-refractivity contribution is 5.92. The molecule has 1 aromatic heterocycles. The lowest BCUT2D eigenvalue weighted by atomic mass is 10.1. The highest BCUT2D eigenvalue weighted by Gasteiger charge is 2.12. The van der Waals surface area contributed by atoms with E-state index >= 15 is 0 Å². The first kappa shape index (κ1) is 12.2. The predicted octanol–water partition coefficient (Wildman–Crippen LogP) is 1.54. The fraction of sp³-hybridized carbons (Fsp3) is 0.231. The van der Waals surface area contributed by atoms with E-state index < -0.39 is 0 Å². The van der Waals surface area contributed by atoms with Crippen LogP contribution in [0.5, 0.6) is 0 Å². The minimum absolute atomic E-state index is 0.236. The highest BCUT2D eigenvalue weighted by Crippen LogP contribution is 2.06. The van der Waals surface area contributed by atoms with E-state index in [1.165, 1.54) is 6.39 Å². The van der Waals surface area contributed by atoms with E-state index in [1.54, 1.807) is 6.92 Å². The predicted molar refractivity (Wildman–Crippen MR) is 68.1 cm³/mol. The summed E-state index contributed by atoms with van der Waals surface area (Å²) in [6.07, 6.45) is 2.02. The molecule has 0 unspecified atom stereocenters. The second-order valence-corrected chi connectivity index (χ2v) is 4.01. The molecule has 2 aromatic rings. The molecule has 18 heavy (non-hydrogen) atoms. The molecule has 1 heterocycles. The standard InChI is InChI=1S/C13H15N3O2/c1-9-12(18-8-16-9)13(17)15-7-6-10-2-4-11(14)5-3-10/h2-5,8H,6-7,14H2,1H3,(H,15,17). The van der Waals surface area contributed by atoms with Crippen LogP contribution in [0.2, 0.25) is 0 Å². The van der Waals surface area contributed by atoms with Crippen LogP contribution in [0, 0.1) is 6.92 Å². The van der Waals surface area contributed by atoms with Crippen molar-refractivity contribution in [2.45, 2.75) is 13.3 Å². The van der Waals surface area contributed by atoms with Gasteiger partial charge in [-0.1, -0.05) is 12.1 Å². The van der Waals surface area contributed by atoms with Gasteiger partial charge in [0.05, 0.1) is 5.69 Å². The summed E-state index contributed by atoms with van der Waals surface area (Å²) < 4.78 is 5.00. The second-order valence-electron chi connectivity index (χ2n) is 4.01. The topological polar surface area (TPSA) is 81.2 Å². The molecule has 0 aliphatic carbocycles. The summed E-state index contributed by atoms with van der Waals surface area (Å²) in [5, 5.41) is 2.79. The van der Waals surface area contributed by atoms with E-state index in [9.17, 15) is 4.79 Å². The number of nitrogens with two attached hydrogens (primary N) is 1. The lowest BCUT2D eigenvalue weighted by Gasteiger charge is -2.04. The number of nitrogens with one attached hydrogen (secondary N) is 1.